The van der Waals surface area contributed by atoms with Crippen molar-refractivity contribution in [1.82, 2.24) is 10.2 Å². The van der Waals surface area contributed by atoms with Crippen molar-refractivity contribution >= 4 is 17.6 Å². The van der Waals surface area contributed by atoms with E-state index in [2.05, 4.69) is 5.32 Å². The van der Waals surface area contributed by atoms with Crippen molar-refractivity contribution in [3.05, 3.63) is 93.3 Å². The van der Waals surface area contributed by atoms with Gasteiger partial charge in [-0.2, -0.15) is 13.5 Å². The first-order chi connectivity index (χ1) is 15.6. The lowest BCUT2D eigenvalue weighted by molar-refractivity contribution is -0.624. The molecule has 1 unspecified atom stereocenters. The zero-order valence-corrected chi connectivity index (χ0v) is 18.1. The summed E-state index contributed by atoms with van der Waals surface area (Å²) < 4.78 is 44.9. The summed E-state index contributed by atoms with van der Waals surface area (Å²) >= 11 is 6.14. The maximum absolute atomic E-state index is 15.4. The van der Waals surface area contributed by atoms with Gasteiger partial charge in [-0.3, -0.25) is 10.1 Å². The summed E-state index contributed by atoms with van der Waals surface area (Å²) in [5, 5.41) is 23.2. The topological polar surface area (TPSA) is 106 Å². The number of hydrogen-bond acceptors (Lipinski definition) is 5. The van der Waals surface area contributed by atoms with Crippen molar-refractivity contribution in [3.8, 4) is 0 Å². The highest BCUT2D eigenvalue weighted by Crippen LogP contribution is 2.34. The first-order valence-electron chi connectivity index (χ1n) is 9.94. The lowest BCUT2D eigenvalue weighted by atomic mass is 10.0. The van der Waals surface area contributed by atoms with Gasteiger partial charge in [-0.15, -0.1) is 0 Å². The van der Waals surface area contributed by atoms with E-state index in [1.54, 1.807) is 24.3 Å². The zero-order chi connectivity index (χ0) is 24.2. The molecule has 1 aromatic carbocycles. The Morgan fingerprint density at radius 1 is 1.24 bits per heavy atom. The van der Waals surface area contributed by atoms with Crippen LogP contribution in [-0.2, 0) is 23.8 Å². The van der Waals surface area contributed by atoms with Crippen LogP contribution < -0.4 is 15.8 Å². The number of carbonyl (C=O) groups is 1. The van der Waals surface area contributed by atoms with Crippen LogP contribution in [0.15, 0.2) is 71.3 Å². The van der Waals surface area contributed by atoms with Gasteiger partial charge in [-0.05, 0) is 17.2 Å². The summed E-state index contributed by atoms with van der Waals surface area (Å²) in [7, 11) is 0. The van der Waals surface area contributed by atoms with Crippen molar-refractivity contribution in [2.24, 2.45) is 5.73 Å². The average molecular weight is 483 g/mol. The number of pyridine rings is 1. The number of nitrogens with two attached hydrogens (primary N) is 1. The summed E-state index contributed by atoms with van der Waals surface area (Å²) in [6.45, 7) is -0.816. The SMILES string of the molecule is NCc1ccccc1CN1C=C(Cl)C(CC(=O)O)=C(F)C1NCC(F)(F)c1cccc[n+]1[O-]. The molecule has 11 heteroatoms. The molecule has 0 saturated heterocycles. The van der Waals surface area contributed by atoms with Gasteiger partial charge in [0.2, 0.25) is 0 Å². The van der Waals surface area contributed by atoms with Crippen molar-refractivity contribution in [1.29, 1.82) is 0 Å². The molecule has 3 rings (SSSR count). The maximum Gasteiger partial charge on any atom is 0.343 e. The minimum Gasteiger partial charge on any atom is -0.618 e. The Morgan fingerprint density at radius 2 is 1.91 bits per heavy atom. The normalized spacial score (nSPS) is 16.7. The summed E-state index contributed by atoms with van der Waals surface area (Å²) in [5.41, 5.74) is 6.12. The summed E-state index contributed by atoms with van der Waals surface area (Å²) in [5.74, 6) is -5.95. The average Bonchev–Trinajstić information content (AvgIpc) is 2.76. The largest absolute Gasteiger partial charge is 0.618 e. The standard InChI is InChI=1S/C22H22ClF3N4O3/c23-17-12-29(11-15-6-2-1-5-14(15)10-27)21(20(24)16(17)9-19(31)32)28-13-22(25,26)18-7-3-4-8-30(18)33/h1-8,12,21,28H,9-11,13,27H2,(H,31,32). The number of nitrogens with one attached hydrogen (secondary N) is 1. The van der Waals surface area contributed by atoms with E-state index in [9.17, 15) is 18.8 Å². The number of rotatable bonds is 9. The van der Waals surface area contributed by atoms with E-state index >= 15 is 4.39 Å². The molecular formula is C22H22ClF3N4O3. The Labute approximate surface area is 193 Å². The number of allylic oxidation sites excluding steroid dienone is 1. The zero-order valence-electron chi connectivity index (χ0n) is 17.3. The quantitative estimate of drug-likeness (QED) is 0.375. The Balaban J connectivity index is 1.92. The number of nitrogens with zero attached hydrogens (tertiary/aromatic N) is 2. The van der Waals surface area contributed by atoms with Crippen LogP contribution in [0, 0.1) is 5.21 Å². The molecule has 176 valence electrons. The fraction of sp³-hybridized carbons (Fsp3) is 0.273. The molecule has 0 bridgehead atoms. The van der Waals surface area contributed by atoms with Crippen LogP contribution in [0.4, 0.5) is 13.2 Å². The monoisotopic (exact) mass is 482 g/mol. The number of aromatic nitrogens is 1. The second-order valence-electron chi connectivity index (χ2n) is 7.42. The Morgan fingerprint density at radius 3 is 2.55 bits per heavy atom. The van der Waals surface area contributed by atoms with E-state index in [1.165, 1.54) is 23.2 Å². The first-order valence-corrected chi connectivity index (χ1v) is 10.3. The van der Waals surface area contributed by atoms with Crippen LogP contribution in [-0.4, -0.2) is 28.7 Å². The fourth-order valence-corrected chi connectivity index (χ4v) is 3.80. The molecule has 1 aliphatic heterocycles. The van der Waals surface area contributed by atoms with E-state index in [4.69, 9.17) is 22.4 Å². The highest BCUT2D eigenvalue weighted by molar-refractivity contribution is 6.32. The number of aliphatic carboxylic acids is 1. The summed E-state index contributed by atoms with van der Waals surface area (Å²) in [6.07, 6.45) is 0.0839. The summed E-state index contributed by atoms with van der Waals surface area (Å²) in [4.78, 5) is 12.5. The highest BCUT2D eigenvalue weighted by Gasteiger charge is 2.41. The Bertz CT molecular complexity index is 1090. The third-order valence-corrected chi connectivity index (χ3v) is 5.49. The van der Waals surface area contributed by atoms with Gasteiger partial charge >= 0.3 is 11.9 Å². The predicted octanol–water partition coefficient (Wildman–Crippen LogP) is 3.08. The van der Waals surface area contributed by atoms with Crippen molar-refractivity contribution in [2.75, 3.05) is 6.54 Å². The Hall–Kier alpha value is -3.08. The second-order valence-corrected chi connectivity index (χ2v) is 7.83. The van der Waals surface area contributed by atoms with E-state index in [-0.39, 0.29) is 28.4 Å². The second kappa shape index (κ2) is 10.2. The van der Waals surface area contributed by atoms with Gasteiger partial charge in [0.25, 0.3) is 5.69 Å². The minimum absolute atomic E-state index is 0.0383. The molecular weight excluding hydrogens is 461 g/mol. The molecule has 1 aliphatic rings. The van der Waals surface area contributed by atoms with Crippen molar-refractivity contribution < 1.29 is 27.8 Å². The van der Waals surface area contributed by atoms with Crippen LogP contribution >= 0.6 is 11.6 Å². The van der Waals surface area contributed by atoms with Gasteiger partial charge in [-0.1, -0.05) is 35.9 Å². The van der Waals surface area contributed by atoms with Crippen molar-refractivity contribution in [2.45, 2.75) is 31.6 Å². The number of carboxylic acids is 1. The molecule has 33 heavy (non-hydrogen) atoms. The molecule has 1 aromatic heterocycles. The smallest absolute Gasteiger partial charge is 0.343 e. The van der Waals surface area contributed by atoms with E-state index in [0.29, 0.717) is 5.56 Å². The molecule has 2 heterocycles. The van der Waals surface area contributed by atoms with Crippen LogP contribution in [0.1, 0.15) is 23.2 Å². The molecule has 0 aliphatic carbocycles. The number of alkyl halides is 2. The van der Waals surface area contributed by atoms with Crippen LogP contribution in [0.3, 0.4) is 0 Å². The number of carboxylic acid groups (broad SMARTS) is 1. The van der Waals surface area contributed by atoms with Crippen LogP contribution in [0.2, 0.25) is 0 Å². The molecule has 4 N–H and O–H groups in total. The maximum atomic E-state index is 15.4. The van der Waals surface area contributed by atoms with Gasteiger partial charge in [0.15, 0.2) is 6.20 Å². The van der Waals surface area contributed by atoms with Gasteiger partial charge in [0, 0.05) is 37.0 Å². The molecule has 2 aromatic rings. The van der Waals surface area contributed by atoms with Gasteiger partial charge in [0.05, 0.1) is 18.0 Å². The number of benzene rings is 1. The highest BCUT2D eigenvalue weighted by atomic mass is 35.5. The molecule has 0 fully saturated rings. The Kier molecular flexibility index (Phi) is 7.62. The van der Waals surface area contributed by atoms with Gasteiger partial charge < -0.3 is 20.9 Å². The van der Waals surface area contributed by atoms with Crippen molar-refractivity contribution in [3.63, 3.8) is 0 Å². The lowest BCUT2D eigenvalue weighted by Gasteiger charge is -2.36. The molecule has 0 radical (unpaired) electrons. The molecule has 0 amide bonds. The first kappa shape index (κ1) is 24.6. The van der Waals surface area contributed by atoms with E-state index in [1.807, 2.05) is 0 Å². The third-order valence-electron chi connectivity index (χ3n) is 5.16. The van der Waals surface area contributed by atoms with E-state index < -0.39 is 42.5 Å². The molecule has 0 spiro atoms. The lowest BCUT2D eigenvalue weighted by Crippen LogP contribution is -2.50. The fourth-order valence-electron chi connectivity index (χ4n) is 3.52. The number of hydrogen-bond donors (Lipinski definition) is 3. The van der Waals surface area contributed by atoms with Crippen LogP contribution in [0.5, 0.6) is 0 Å². The predicted molar refractivity (Wildman–Crippen MR) is 115 cm³/mol. The molecule has 1 atom stereocenters. The molecule has 7 nitrogen and oxygen atoms in total. The van der Waals surface area contributed by atoms with Crippen LogP contribution in [0.25, 0.3) is 0 Å². The minimum atomic E-state index is -3.64. The van der Waals surface area contributed by atoms with E-state index in [0.717, 1.165) is 17.8 Å². The summed E-state index contributed by atoms with van der Waals surface area (Å²) in [6, 6.07) is 10.7. The molecule has 0 saturated carbocycles. The number of halogens is 4. The van der Waals surface area contributed by atoms with Gasteiger partial charge in [-0.25, -0.2) is 4.39 Å². The van der Waals surface area contributed by atoms with Gasteiger partial charge in [0.1, 0.15) is 12.0 Å². The third kappa shape index (κ3) is 5.65.